The molecule has 3 rings (SSSR count). The number of fused-ring (bicyclic) bond motifs is 1. The predicted octanol–water partition coefficient (Wildman–Crippen LogP) is 6.86. The Hall–Kier alpha value is -2.11. The number of hydrogen-bond acceptors (Lipinski definition) is 3. The molecule has 3 aromatic rings. The summed E-state index contributed by atoms with van der Waals surface area (Å²) in [6, 6.07) is 16.5. The normalized spacial score (nSPS) is 13.5. The predicted molar refractivity (Wildman–Crippen MR) is 132 cm³/mol. The molecule has 0 saturated heterocycles. The fourth-order valence-electron chi connectivity index (χ4n) is 4.13. The number of aliphatic hydroxyl groups is 1. The van der Waals surface area contributed by atoms with E-state index >= 15 is 0 Å². The van der Waals surface area contributed by atoms with E-state index in [0.717, 1.165) is 23.8 Å². The number of para-hydroxylation sites is 1. The lowest BCUT2D eigenvalue weighted by molar-refractivity contribution is 0.0585. The zero-order chi connectivity index (χ0) is 23.4. The summed E-state index contributed by atoms with van der Waals surface area (Å²) in [7, 11) is -3.87. The molecular formula is C27H37NO3S. The van der Waals surface area contributed by atoms with Gasteiger partial charge in [0.2, 0.25) is 0 Å². The highest BCUT2D eigenvalue weighted by Gasteiger charge is 2.32. The van der Waals surface area contributed by atoms with E-state index in [2.05, 4.69) is 6.92 Å². The van der Waals surface area contributed by atoms with Gasteiger partial charge in [-0.05, 0) is 48.1 Å². The minimum atomic E-state index is -3.87. The van der Waals surface area contributed by atoms with Gasteiger partial charge >= 0.3 is 0 Å². The molecule has 0 bridgehead atoms. The molecule has 0 fully saturated rings. The van der Waals surface area contributed by atoms with Crippen molar-refractivity contribution < 1.29 is 13.5 Å². The van der Waals surface area contributed by atoms with Gasteiger partial charge in [-0.3, -0.25) is 0 Å². The first kappa shape index (κ1) is 24.5. The molecule has 1 heterocycles. The molecule has 1 N–H and O–H groups in total. The second kappa shape index (κ2) is 10.2. The molecule has 4 nitrogen and oxygen atoms in total. The first-order valence-electron chi connectivity index (χ1n) is 11.8. The van der Waals surface area contributed by atoms with Crippen LogP contribution in [0.5, 0.6) is 0 Å². The molecule has 1 atom stereocenters. The summed E-state index contributed by atoms with van der Waals surface area (Å²) >= 11 is 0. The van der Waals surface area contributed by atoms with Gasteiger partial charge in [-0.2, -0.15) is 0 Å². The van der Waals surface area contributed by atoms with E-state index in [1.807, 2.05) is 51.1 Å². The van der Waals surface area contributed by atoms with Crippen molar-refractivity contribution in [1.29, 1.82) is 0 Å². The van der Waals surface area contributed by atoms with Gasteiger partial charge in [0, 0.05) is 5.39 Å². The van der Waals surface area contributed by atoms with Gasteiger partial charge in [-0.1, -0.05) is 90.1 Å². The number of unbranched alkanes of at least 4 members (excludes halogenated alkanes) is 5. The number of aryl methyl sites for hydroxylation is 1. The molecule has 0 saturated carbocycles. The van der Waals surface area contributed by atoms with Gasteiger partial charge in [-0.25, -0.2) is 12.4 Å². The Balaban J connectivity index is 1.95. The zero-order valence-electron chi connectivity index (χ0n) is 19.8. The summed E-state index contributed by atoms with van der Waals surface area (Å²) in [5, 5.41) is 11.8. The van der Waals surface area contributed by atoms with Crippen LogP contribution in [0.15, 0.2) is 59.5 Å². The van der Waals surface area contributed by atoms with Crippen molar-refractivity contribution in [1.82, 2.24) is 3.97 Å². The Morgan fingerprint density at radius 3 is 2.31 bits per heavy atom. The number of nitrogens with zero attached hydrogens (tertiary/aromatic N) is 1. The summed E-state index contributed by atoms with van der Waals surface area (Å²) < 4.78 is 29.0. The minimum Gasteiger partial charge on any atom is -0.386 e. The average Bonchev–Trinajstić information content (AvgIpc) is 3.15. The summed E-state index contributed by atoms with van der Waals surface area (Å²) in [4.78, 5) is 0.268. The molecule has 1 aromatic heterocycles. The van der Waals surface area contributed by atoms with Crippen molar-refractivity contribution in [2.45, 2.75) is 83.6 Å². The van der Waals surface area contributed by atoms with Crippen molar-refractivity contribution in [3.05, 3.63) is 65.9 Å². The van der Waals surface area contributed by atoms with E-state index in [9.17, 15) is 13.5 Å². The number of rotatable bonds is 10. The fraction of sp³-hybridized carbons (Fsp3) is 0.481. The SMILES string of the molecule is CCCCCCCCc1cccc(S(=O)(=O)n2c(C(O)C(C)(C)C)cc3ccccc32)c1. The van der Waals surface area contributed by atoms with Crippen LogP contribution in [0.25, 0.3) is 10.9 Å². The molecule has 0 amide bonds. The van der Waals surface area contributed by atoms with Gasteiger partial charge < -0.3 is 5.11 Å². The summed E-state index contributed by atoms with van der Waals surface area (Å²) in [5.74, 6) is 0. The van der Waals surface area contributed by atoms with Crippen LogP contribution < -0.4 is 0 Å². The lowest BCUT2D eigenvalue weighted by Gasteiger charge is -2.27. The number of benzene rings is 2. The molecule has 32 heavy (non-hydrogen) atoms. The third-order valence-corrected chi connectivity index (χ3v) is 7.79. The van der Waals surface area contributed by atoms with Gasteiger partial charge in [0.1, 0.15) is 0 Å². The minimum absolute atomic E-state index is 0.268. The lowest BCUT2D eigenvalue weighted by Crippen LogP contribution is -2.24. The highest BCUT2D eigenvalue weighted by atomic mass is 32.2. The maximum atomic E-state index is 13.8. The number of aliphatic hydroxyl groups excluding tert-OH is 1. The van der Waals surface area contributed by atoms with Crippen molar-refractivity contribution in [2.75, 3.05) is 0 Å². The molecule has 5 heteroatoms. The third-order valence-electron chi connectivity index (χ3n) is 6.05. The Morgan fingerprint density at radius 1 is 0.906 bits per heavy atom. The smallest absolute Gasteiger partial charge is 0.268 e. The Morgan fingerprint density at radius 2 is 1.59 bits per heavy atom. The van der Waals surface area contributed by atoms with Gasteiger partial charge in [-0.15, -0.1) is 0 Å². The van der Waals surface area contributed by atoms with Gasteiger partial charge in [0.05, 0.1) is 22.2 Å². The maximum Gasteiger partial charge on any atom is 0.268 e. The van der Waals surface area contributed by atoms with Crippen LogP contribution in [-0.2, 0) is 16.4 Å². The second-order valence-corrected chi connectivity index (χ2v) is 11.6. The van der Waals surface area contributed by atoms with Crippen LogP contribution in [-0.4, -0.2) is 17.5 Å². The second-order valence-electron chi connectivity index (χ2n) is 9.83. The molecule has 1 unspecified atom stereocenters. The molecule has 174 valence electrons. The van der Waals surface area contributed by atoms with Crippen LogP contribution in [0.2, 0.25) is 0 Å². The van der Waals surface area contributed by atoms with Crippen molar-refractivity contribution >= 4 is 20.9 Å². The Kier molecular flexibility index (Phi) is 7.84. The van der Waals surface area contributed by atoms with Crippen molar-refractivity contribution in [3.63, 3.8) is 0 Å². The molecule has 0 aliphatic rings. The van der Waals surface area contributed by atoms with Gasteiger partial charge in [0.15, 0.2) is 0 Å². The number of hydrogen-bond donors (Lipinski definition) is 1. The standard InChI is InChI=1S/C27H37NO3S/c1-5-6-7-8-9-10-14-21-15-13-17-23(19-21)32(30,31)28-24-18-12-11-16-22(24)20-25(28)26(29)27(2,3)4/h11-13,15-20,26,29H,5-10,14H2,1-4H3. The van der Waals surface area contributed by atoms with E-state index in [1.54, 1.807) is 24.3 Å². The molecule has 0 radical (unpaired) electrons. The van der Waals surface area contributed by atoms with E-state index in [0.29, 0.717) is 11.2 Å². The lowest BCUT2D eigenvalue weighted by atomic mass is 9.87. The quantitative estimate of drug-likeness (QED) is 0.340. The highest BCUT2D eigenvalue weighted by molar-refractivity contribution is 7.90. The Labute approximate surface area is 193 Å². The zero-order valence-corrected chi connectivity index (χ0v) is 20.7. The maximum absolute atomic E-state index is 13.8. The summed E-state index contributed by atoms with van der Waals surface area (Å²) in [5.41, 5.74) is 1.53. The number of aromatic nitrogens is 1. The van der Waals surface area contributed by atoms with Crippen LogP contribution in [0, 0.1) is 5.41 Å². The third kappa shape index (κ3) is 5.44. The monoisotopic (exact) mass is 455 g/mol. The molecule has 0 aliphatic heterocycles. The highest BCUT2D eigenvalue weighted by Crippen LogP contribution is 2.37. The first-order valence-corrected chi connectivity index (χ1v) is 13.2. The fourth-order valence-corrected chi connectivity index (χ4v) is 5.75. The average molecular weight is 456 g/mol. The van der Waals surface area contributed by atoms with Gasteiger partial charge in [0.25, 0.3) is 10.0 Å². The Bertz CT molecular complexity index is 1140. The largest absolute Gasteiger partial charge is 0.386 e. The molecule has 0 aliphatic carbocycles. The van der Waals surface area contributed by atoms with E-state index < -0.39 is 21.5 Å². The molecule has 2 aromatic carbocycles. The van der Waals surface area contributed by atoms with E-state index in [-0.39, 0.29) is 4.90 Å². The topological polar surface area (TPSA) is 59.3 Å². The van der Waals surface area contributed by atoms with Crippen LogP contribution in [0.1, 0.15) is 83.6 Å². The molecule has 0 spiro atoms. The van der Waals surface area contributed by atoms with Crippen LogP contribution >= 0.6 is 0 Å². The molecular weight excluding hydrogens is 418 g/mol. The van der Waals surface area contributed by atoms with Crippen LogP contribution in [0.4, 0.5) is 0 Å². The summed E-state index contributed by atoms with van der Waals surface area (Å²) in [6.45, 7) is 7.94. The van der Waals surface area contributed by atoms with Crippen molar-refractivity contribution in [3.8, 4) is 0 Å². The van der Waals surface area contributed by atoms with Crippen LogP contribution in [0.3, 0.4) is 0 Å². The van der Waals surface area contributed by atoms with E-state index in [1.165, 1.54) is 36.1 Å². The summed E-state index contributed by atoms with van der Waals surface area (Å²) in [6.07, 6.45) is 7.20. The van der Waals surface area contributed by atoms with E-state index in [4.69, 9.17) is 0 Å². The first-order chi connectivity index (χ1) is 15.2. The van der Waals surface area contributed by atoms with Crippen molar-refractivity contribution in [2.24, 2.45) is 5.41 Å².